The fourth-order valence-corrected chi connectivity index (χ4v) is 4.67. The van der Waals surface area contributed by atoms with Crippen molar-refractivity contribution in [3.63, 3.8) is 0 Å². The Morgan fingerprint density at radius 3 is 2.22 bits per heavy atom. The van der Waals surface area contributed by atoms with Gasteiger partial charge in [0.1, 0.15) is 11.4 Å². The van der Waals surface area contributed by atoms with Gasteiger partial charge in [-0.05, 0) is 38.1 Å². The monoisotopic (exact) mass is 560 g/mol. The number of hydrogen-bond donors (Lipinski definition) is 0. The van der Waals surface area contributed by atoms with Crippen LogP contribution < -0.4 is 0 Å². The molecule has 1 aliphatic heterocycles. The summed E-state index contributed by atoms with van der Waals surface area (Å²) in [6.45, 7) is 6.17. The number of benzene rings is 2. The summed E-state index contributed by atoms with van der Waals surface area (Å²) < 4.78 is 4.38. The maximum absolute atomic E-state index is 13.1. The standard InChI is InChI=1S/C25H28N4O.2BrH/c1-2-22(30)24-23(19-11-5-3-6-12-19)26-25-28(18-17-27-15-9-4-10-16-27)20-13-7-8-14-21(20)29(24)25;;/h3,5-8,11-14H,2,4,9-10,15-18H2,1H3;2*1H. The van der Waals surface area contributed by atoms with E-state index < -0.39 is 0 Å². The van der Waals surface area contributed by atoms with Crippen LogP contribution in [-0.2, 0) is 6.54 Å². The van der Waals surface area contributed by atoms with Gasteiger partial charge in [0.2, 0.25) is 5.78 Å². The fraction of sp³-hybridized carbons (Fsp3) is 0.360. The fourth-order valence-electron chi connectivity index (χ4n) is 4.67. The van der Waals surface area contributed by atoms with Crippen molar-refractivity contribution >= 4 is 56.6 Å². The minimum Gasteiger partial charge on any atom is -0.308 e. The summed E-state index contributed by atoms with van der Waals surface area (Å²) in [6, 6.07) is 18.4. The lowest BCUT2D eigenvalue weighted by Gasteiger charge is -2.26. The number of carbonyl (C=O) groups excluding carboxylic acids is 1. The molecule has 1 fully saturated rings. The van der Waals surface area contributed by atoms with Crippen LogP contribution in [0.4, 0.5) is 0 Å². The molecule has 2 aromatic heterocycles. The van der Waals surface area contributed by atoms with Gasteiger partial charge >= 0.3 is 0 Å². The van der Waals surface area contributed by atoms with E-state index in [1.54, 1.807) is 0 Å². The molecule has 0 N–H and O–H groups in total. The number of nitrogens with zero attached hydrogens (tertiary/aromatic N) is 4. The van der Waals surface area contributed by atoms with Crippen LogP contribution in [0, 0.1) is 0 Å². The Labute approximate surface area is 210 Å². The summed E-state index contributed by atoms with van der Waals surface area (Å²) in [5.74, 6) is 0.990. The van der Waals surface area contributed by atoms with Gasteiger partial charge in [-0.2, -0.15) is 0 Å². The van der Waals surface area contributed by atoms with Gasteiger partial charge in [-0.25, -0.2) is 4.98 Å². The number of para-hydroxylation sites is 2. The summed E-state index contributed by atoms with van der Waals surface area (Å²) in [6.07, 6.45) is 4.38. The van der Waals surface area contributed by atoms with E-state index in [1.165, 1.54) is 32.4 Å². The second kappa shape index (κ2) is 10.8. The Kier molecular flexibility index (Phi) is 8.31. The largest absolute Gasteiger partial charge is 0.308 e. The lowest BCUT2D eigenvalue weighted by Crippen LogP contribution is -2.32. The molecule has 3 heterocycles. The van der Waals surface area contributed by atoms with Gasteiger partial charge in [0.25, 0.3) is 0 Å². The number of hydrogen-bond acceptors (Lipinski definition) is 3. The molecule has 0 bridgehead atoms. The highest BCUT2D eigenvalue weighted by Gasteiger charge is 2.24. The highest BCUT2D eigenvalue weighted by Crippen LogP contribution is 2.30. The van der Waals surface area contributed by atoms with E-state index in [1.807, 2.05) is 43.3 Å². The predicted octanol–water partition coefficient (Wildman–Crippen LogP) is 6.19. The molecule has 1 saturated heterocycles. The molecule has 0 atom stereocenters. The second-order valence-corrected chi connectivity index (χ2v) is 8.13. The third kappa shape index (κ3) is 4.43. The van der Waals surface area contributed by atoms with Crippen LogP contribution in [-0.4, -0.2) is 44.3 Å². The van der Waals surface area contributed by atoms with Crippen LogP contribution in [0.25, 0.3) is 28.1 Å². The number of carbonyl (C=O) groups is 1. The van der Waals surface area contributed by atoms with Gasteiger partial charge in [0.05, 0.1) is 11.0 Å². The molecule has 0 amide bonds. The molecule has 4 aromatic rings. The highest BCUT2D eigenvalue weighted by atomic mass is 79.9. The van der Waals surface area contributed by atoms with Gasteiger partial charge in [0.15, 0.2) is 5.78 Å². The van der Waals surface area contributed by atoms with Crippen molar-refractivity contribution in [2.24, 2.45) is 0 Å². The zero-order valence-corrected chi connectivity index (χ0v) is 21.8. The Hall–Kier alpha value is -1.96. The molecule has 0 saturated carbocycles. The van der Waals surface area contributed by atoms with Crippen LogP contribution in [0.5, 0.6) is 0 Å². The van der Waals surface area contributed by atoms with Crippen molar-refractivity contribution in [1.82, 2.24) is 18.9 Å². The summed E-state index contributed by atoms with van der Waals surface area (Å²) in [7, 11) is 0. The first-order chi connectivity index (χ1) is 14.8. The van der Waals surface area contributed by atoms with Crippen LogP contribution in [0.15, 0.2) is 54.6 Å². The second-order valence-electron chi connectivity index (χ2n) is 8.13. The number of likely N-dealkylation sites (tertiary alicyclic amines) is 1. The average molecular weight is 562 g/mol. The first-order valence-electron chi connectivity index (χ1n) is 11.1. The highest BCUT2D eigenvalue weighted by molar-refractivity contribution is 8.93. The van der Waals surface area contributed by atoms with Gasteiger partial charge in [-0.3, -0.25) is 9.20 Å². The number of fused-ring (bicyclic) bond motifs is 3. The van der Waals surface area contributed by atoms with Crippen molar-refractivity contribution in [2.75, 3.05) is 19.6 Å². The number of aromatic nitrogens is 3. The Morgan fingerprint density at radius 2 is 1.53 bits per heavy atom. The summed E-state index contributed by atoms with van der Waals surface area (Å²) in [4.78, 5) is 20.7. The maximum Gasteiger partial charge on any atom is 0.216 e. The van der Waals surface area contributed by atoms with E-state index in [0.717, 1.165) is 41.2 Å². The number of halogens is 2. The van der Waals surface area contributed by atoms with E-state index in [4.69, 9.17) is 4.98 Å². The quantitative estimate of drug-likeness (QED) is 0.264. The maximum atomic E-state index is 13.1. The molecule has 170 valence electrons. The summed E-state index contributed by atoms with van der Waals surface area (Å²) in [5, 5.41) is 0. The van der Waals surface area contributed by atoms with E-state index >= 15 is 0 Å². The van der Waals surface area contributed by atoms with Crippen molar-refractivity contribution in [3.8, 4) is 11.3 Å². The molecular formula is C25H30Br2N4O. The third-order valence-electron chi connectivity index (χ3n) is 6.24. The van der Waals surface area contributed by atoms with Gasteiger partial charge in [-0.15, -0.1) is 34.0 Å². The van der Waals surface area contributed by atoms with E-state index in [2.05, 4.69) is 32.1 Å². The lowest BCUT2D eigenvalue weighted by atomic mass is 10.1. The smallest absolute Gasteiger partial charge is 0.216 e. The predicted molar refractivity (Wildman–Crippen MR) is 142 cm³/mol. The van der Waals surface area contributed by atoms with E-state index in [0.29, 0.717) is 12.1 Å². The molecule has 2 aromatic carbocycles. The molecule has 5 nitrogen and oxygen atoms in total. The molecule has 5 rings (SSSR count). The number of Topliss-reactive ketones (excluding diaryl/α,β-unsaturated/α-hetero) is 1. The minimum atomic E-state index is 0. The molecular weight excluding hydrogens is 532 g/mol. The SMILES string of the molecule is Br.Br.CCC(=O)c1c(-c2ccccc2)nc2n(CCN3CCCCC3)c3ccccc3n12. The van der Waals surface area contributed by atoms with Gasteiger partial charge < -0.3 is 9.47 Å². The van der Waals surface area contributed by atoms with E-state index in [9.17, 15) is 4.79 Å². The van der Waals surface area contributed by atoms with Crippen LogP contribution in [0.2, 0.25) is 0 Å². The van der Waals surface area contributed by atoms with Crippen LogP contribution >= 0.6 is 34.0 Å². The van der Waals surface area contributed by atoms with Crippen molar-refractivity contribution in [2.45, 2.75) is 39.2 Å². The molecule has 0 aliphatic carbocycles. The first kappa shape index (κ1) is 24.7. The average Bonchev–Trinajstić information content (AvgIpc) is 3.34. The Balaban J connectivity index is 0.00000144. The minimum absolute atomic E-state index is 0. The number of imidazole rings is 2. The molecule has 0 spiro atoms. The lowest BCUT2D eigenvalue weighted by molar-refractivity contribution is 0.0983. The summed E-state index contributed by atoms with van der Waals surface area (Å²) >= 11 is 0. The molecule has 0 radical (unpaired) electrons. The topological polar surface area (TPSA) is 42.5 Å². The number of piperidine rings is 1. The summed E-state index contributed by atoms with van der Waals surface area (Å²) in [5.41, 5.74) is 4.67. The van der Waals surface area contributed by atoms with Crippen LogP contribution in [0.3, 0.4) is 0 Å². The normalized spacial score (nSPS) is 14.3. The Bertz CT molecular complexity index is 1190. The molecule has 0 unspecified atom stereocenters. The van der Waals surface area contributed by atoms with Gasteiger partial charge in [-0.1, -0.05) is 55.8 Å². The Morgan fingerprint density at radius 1 is 0.875 bits per heavy atom. The molecule has 1 aliphatic rings. The van der Waals surface area contributed by atoms with Crippen molar-refractivity contribution in [1.29, 1.82) is 0 Å². The van der Waals surface area contributed by atoms with Gasteiger partial charge in [0, 0.05) is 25.1 Å². The number of rotatable bonds is 6. The third-order valence-corrected chi connectivity index (χ3v) is 6.24. The molecule has 7 heteroatoms. The van der Waals surface area contributed by atoms with Crippen molar-refractivity contribution < 1.29 is 4.79 Å². The van der Waals surface area contributed by atoms with Crippen LogP contribution in [0.1, 0.15) is 43.1 Å². The number of ketones is 1. The van der Waals surface area contributed by atoms with Crippen molar-refractivity contribution in [3.05, 3.63) is 60.3 Å². The molecule has 32 heavy (non-hydrogen) atoms. The zero-order valence-electron chi connectivity index (χ0n) is 18.4. The van der Waals surface area contributed by atoms with E-state index in [-0.39, 0.29) is 39.7 Å². The first-order valence-corrected chi connectivity index (χ1v) is 11.1. The zero-order chi connectivity index (χ0) is 20.5.